The average molecular weight is 450 g/mol. The number of benzene rings is 4. The van der Waals surface area contributed by atoms with Gasteiger partial charge in [0.1, 0.15) is 12.0 Å². The van der Waals surface area contributed by atoms with E-state index < -0.39 is 6.23 Å². The van der Waals surface area contributed by atoms with Crippen LogP contribution in [-0.4, -0.2) is 22.2 Å². The second-order valence-electron chi connectivity index (χ2n) is 8.40. The Labute approximate surface area is 199 Å². The van der Waals surface area contributed by atoms with Gasteiger partial charge in [-0.3, -0.25) is 10.3 Å². The molecule has 5 nitrogen and oxygen atoms in total. The third kappa shape index (κ3) is 4.57. The number of hydrogen-bond acceptors (Lipinski definition) is 5. The van der Waals surface area contributed by atoms with E-state index in [4.69, 9.17) is 5.10 Å². The number of phenols is 1. The van der Waals surface area contributed by atoms with E-state index in [1.165, 1.54) is 0 Å². The molecule has 0 amide bonds. The summed E-state index contributed by atoms with van der Waals surface area (Å²) in [5.41, 5.74) is 4.85. The lowest BCUT2D eigenvalue weighted by Gasteiger charge is -2.31. The van der Waals surface area contributed by atoms with Gasteiger partial charge in [-0.05, 0) is 41.0 Å². The van der Waals surface area contributed by atoms with Gasteiger partial charge in [-0.25, -0.2) is 0 Å². The number of nitrogens with zero attached hydrogens (tertiary/aromatic N) is 2. The largest absolute Gasteiger partial charge is 0.508 e. The van der Waals surface area contributed by atoms with Crippen LogP contribution in [0.2, 0.25) is 0 Å². The summed E-state index contributed by atoms with van der Waals surface area (Å²) in [6, 6.07) is 37.1. The van der Waals surface area contributed by atoms with Crippen LogP contribution in [0.15, 0.2) is 120 Å². The minimum Gasteiger partial charge on any atom is -0.508 e. The van der Waals surface area contributed by atoms with E-state index in [2.05, 4.69) is 17.4 Å². The fraction of sp³-hybridized carbons (Fsp3) is 0.138. The molecule has 34 heavy (non-hydrogen) atoms. The van der Waals surface area contributed by atoms with Crippen molar-refractivity contribution in [1.29, 1.82) is 0 Å². The molecule has 170 valence electrons. The highest BCUT2D eigenvalue weighted by molar-refractivity contribution is 6.05. The summed E-state index contributed by atoms with van der Waals surface area (Å²) in [4.78, 5) is 0. The first-order valence-electron chi connectivity index (χ1n) is 11.4. The van der Waals surface area contributed by atoms with Crippen LogP contribution in [0.4, 0.5) is 5.69 Å². The highest BCUT2D eigenvalue weighted by atomic mass is 16.3. The lowest BCUT2D eigenvalue weighted by molar-refractivity contribution is 0.0927. The van der Waals surface area contributed by atoms with E-state index in [1.807, 2.05) is 96.0 Å². The van der Waals surface area contributed by atoms with Gasteiger partial charge in [-0.2, -0.15) is 5.10 Å². The zero-order chi connectivity index (χ0) is 23.3. The minimum absolute atomic E-state index is 0.193. The highest BCUT2D eigenvalue weighted by Gasteiger charge is 2.43. The number of aliphatic hydroxyl groups excluding tert-OH is 1. The van der Waals surface area contributed by atoms with E-state index in [0.29, 0.717) is 6.54 Å². The number of phenolic OH excluding ortho intramolecular Hbond substituents is 1. The van der Waals surface area contributed by atoms with Crippen molar-refractivity contribution in [1.82, 2.24) is 5.32 Å². The molecule has 3 N–H and O–H groups in total. The molecule has 0 radical (unpaired) electrons. The zero-order valence-electron chi connectivity index (χ0n) is 18.7. The maximum Gasteiger partial charge on any atom is 0.116 e. The third-order valence-electron chi connectivity index (χ3n) is 6.16. The van der Waals surface area contributed by atoms with Crippen molar-refractivity contribution in [2.45, 2.75) is 18.8 Å². The van der Waals surface area contributed by atoms with Crippen LogP contribution in [0.5, 0.6) is 5.75 Å². The Hall–Kier alpha value is -3.93. The molecule has 1 aliphatic heterocycles. The van der Waals surface area contributed by atoms with Crippen LogP contribution in [0.3, 0.4) is 0 Å². The van der Waals surface area contributed by atoms with Crippen LogP contribution in [0, 0.1) is 5.92 Å². The molecule has 5 heteroatoms. The maximum atomic E-state index is 11.5. The summed E-state index contributed by atoms with van der Waals surface area (Å²) in [5.74, 6) is -0.0941. The zero-order valence-corrected chi connectivity index (χ0v) is 18.7. The van der Waals surface area contributed by atoms with Gasteiger partial charge in [0.2, 0.25) is 0 Å². The van der Waals surface area contributed by atoms with Crippen molar-refractivity contribution in [3.8, 4) is 5.75 Å². The van der Waals surface area contributed by atoms with Gasteiger partial charge >= 0.3 is 0 Å². The van der Waals surface area contributed by atoms with Gasteiger partial charge in [0, 0.05) is 6.54 Å². The number of nitrogens with one attached hydrogen (secondary N) is 1. The molecule has 0 aromatic heterocycles. The van der Waals surface area contributed by atoms with Crippen molar-refractivity contribution >= 4 is 11.4 Å². The molecule has 0 saturated heterocycles. The van der Waals surface area contributed by atoms with Gasteiger partial charge in [0.05, 0.1) is 23.4 Å². The van der Waals surface area contributed by atoms with Gasteiger partial charge in [-0.15, -0.1) is 0 Å². The molecule has 0 bridgehead atoms. The molecule has 4 aromatic rings. The Balaban J connectivity index is 1.54. The molecule has 4 aromatic carbocycles. The maximum absolute atomic E-state index is 11.5. The van der Waals surface area contributed by atoms with Crippen molar-refractivity contribution in [3.63, 3.8) is 0 Å². The number of aromatic hydroxyl groups is 1. The first-order chi connectivity index (χ1) is 16.7. The van der Waals surface area contributed by atoms with E-state index in [1.54, 1.807) is 12.1 Å². The van der Waals surface area contributed by atoms with Gasteiger partial charge in [0.15, 0.2) is 0 Å². The van der Waals surface area contributed by atoms with E-state index in [9.17, 15) is 10.2 Å². The number of hydrogen-bond donors (Lipinski definition) is 3. The molecule has 0 spiro atoms. The van der Waals surface area contributed by atoms with Crippen molar-refractivity contribution in [2.75, 3.05) is 5.01 Å². The van der Waals surface area contributed by atoms with Crippen LogP contribution in [0.25, 0.3) is 0 Å². The molecule has 0 aliphatic carbocycles. The standard InChI is InChI=1S/C29H27N3O2/c33-25-18-16-21(17-19-25)20-30-29(34)26-27(22-10-4-1-5-11-22)31-32(24-14-8-3-9-15-24)28(26)23-12-6-2-7-13-23/h1-19,26,28-30,33-34H,20H2. The summed E-state index contributed by atoms with van der Waals surface area (Å²) < 4.78 is 0. The average Bonchev–Trinajstić information content (AvgIpc) is 3.31. The Bertz CT molecular complexity index is 1230. The van der Waals surface area contributed by atoms with Crippen molar-refractivity contribution < 1.29 is 10.2 Å². The second kappa shape index (κ2) is 9.91. The molecule has 3 unspecified atom stereocenters. The van der Waals surface area contributed by atoms with Crippen LogP contribution < -0.4 is 10.3 Å². The molecule has 1 aliphatic rings. The highest BCUT2D eigenvalue weighted by Crippen LogP contribution is 2.42. The fourth-order valence-corrected chi connectivity index (χ4v) is 4.49. The Morgan fingerprint density at radius 2 is 1.35 bits per heavy atom. The predicted octanol–water partition coefficient (Wildman–Crippen LogP) is 5.08. The molecule has 0 fully saturated rings. The predicted molar refractivity (Wildman–Crippen MR) is 136 cm³/mol. The summed E-state index contributed by atoms with van der Waals surface area (Å²) in [6.07, 6.45) is -0.855. The van der Waals surface area contributed by atoms with Crippen molar-refractivity contribution in [3.05, 3.63) is 132 Å². The quantitative estimate of drug-likeness (QED) is 0.344. The summed E-state index contributed by atoms with van der Waals surface area (Å²) >= 11 is 0. The summed E-state index contributed by atoms with van der Waals surface area (Å²) in [6.45, 7) is 0.465. The van der Waals surface area contributed by atoms with Crippen LogP contribution >= 0.6 is 0 Å². The normalized spacial score (nSPS) is 18.5. The monoisotopic (exact) mass is 449 g/mol. The Morgan fingerprint density at radius 3 is 2.00 bits per heavy atom. The first-order valence-corrected chi connectivity index (χ1v) is 11.4. The first kappa shape index (κ1) is 21.9. The van der Waals surface area contributed by atoms with E-state index >= 15 is 0 Å². The van der Waals surface area contributed by atoms with Crippen molar-refractivity contribution in [2.24, 2.45) is 11.0 Å². The van der Waals surface area contributed by atoms with Crippen LogP contribution in [0.1, 0.15) is 22.7 Å². The molecular formula is C29H27N3O2. The third-order valence-corrected chi connectivity index (χ3v) is 6.16. The summed E-state index contributed by atoms with van der Waals surface area (Å²) in [5, 5.41) is 31.5. The molecule has 0 saturated carbocycles. The Kier molecular flexibility index (Phi) is 6.38. The number of hydrazone groups is 1. The smallest absolute Gasteiger partial charge is 0.116 e. The number of aliphatic hydroxyl groups is 1. The molecule has 5 rings (SSSR count). The van der Waals surface area contributed by atoms with E-state index in [0.717, 1.165) is 28.1 Å². The van der Waals surface area contributed by atoms with Gasteiger partial charge < -0.3 is 10.2 Å². The molecule has 1 heterocycles. The molecular weight excluding hydrogens is 422 g/mol. The number of anilines is 1. The van der Waals surface area contributed by atoms with Gasteiger partial charge in [-0.1, -0.05) is 91.0 Å². The number of para-hydroxylation sites is 1. The van der Waals surface area contributed by atoms with Crippen LogP contribution in [-0.2, 0) is 6.54 Å². The summed E-state index contributed by atoms with van der Waals surface area (Å²) in [7, 11) is 0. The SMILES string of the molecule is Oc1ccc(CNC(O)C2C(c3ccccc3)=NN(c3ccccc3)C2c2ccccc2)cc1. The van der Waals surface area contributed by atoms with E-state index in [-0.39, 0.29) is 17.7 Å². The Morgan fingerprint density at radius 1 is 0.765 bits per heavy atom. The lowest BCUT2D eigenvalue weighted by Crippen LogP contribution is -2.43. The molecule has 3 atom stereocenters. The number of rotatable bonds is 7. The minimum atomic E-state index is -0.855. The van der Waals surface area contributed by atoms with Gasteiger partial charge in [0.25, 0.3) is 0 Å². The second-order valence-corrected chi connectivity index (χ2v) is 8.40. The topological polar surface area (TPSA) is 68.1 Å². The lowest BCUT2D eigenvalue weighted by atomic mass is 9.85. The fourth-order valence-electron chi connectivity index (χ4n) is 4.49.